The number of nitriles is 1. The highest BCUT2D eigenvalue weighted by molar-refractivity contribution is 6.30. The molecule has 0 saturated heterocycles. The summed E-state index contributed by atoms with van der Waals surface area (Å²) in [5, 5.41) is 22.0. The molecule has 0 spiro atoms. The van der Waals surface area contributed by atoms with Crippen LogP contribution in [0.3, 0.4) is 0 Å². The second-order valence-corrected chi connectivity index (χ2v) is 13.2. The van der Waals surface area contributed by atoms with Gasteiger partial charge in [0, 0.05) is 0 Å². The molecule has 0 aliphatic heterocycles. The molecule has 0 heterocycles. The number of hydrogen-bond acceptors (Lipinski definition) is 1. The summed E-state index contributed by atoms with van der Waals surface area (Å²) in [6, 6.07) is 66.0. The van der Waals surface area contributed by atoms with Crippen molar-refractivity contribution in [1.29, 1.82) is 5.26 Å². The Balaban J connectivity index is 1.31. The summed E-state index contributed by atoms with van der Waals surface area (Å²) in [5.41, 5.74) is 10.2. The maximum atomic E-state index is 9.48. The lowest BCUT2D eigenvalue weighted by Gasteiger charge is -2.21. The molecule has 230 valence electrons. The van der Waals surface area contributed by atoms with Crippen molar-refractivity contribution in [3.63, 3.8) is 0 Å². The lowest BCUT2D eigenvalue weighted by molar-refractivity contribution is 1.48. The van der Waals surface area contributed by atoms with Gasteiger partial charge in [-0.05, 0) is 129 Å². The first-order chi connectivity index (χ1) is 24.7. The van der Waals surface area contributed by atoms with Gasteiger partial charge in [-0.3, -0.25) is 0 Å². The van der Waals surface area contributed by atoms with Crippen LogP contribution in [0, 0.1) is 11.3 Å². The fourth-order valence-corrected chi connectivity index (χ4v) is 8.02. The van der Waals surface area contributed by atoms with Gasteiger partial charge in [-0.2, -0.15) is 5.26 Å². The third kappa shape index (κ3) is 4.40. The summed E-state index contributed by atoms with van der Waals surface area (Å²) in [6.45, 7) is 0. The monoisotopic (exact) mass is 631 g/mol. The van der Waals surface area contributed by atoms with Crippen molar-refractivity contribution >= 4 is 53.9 Å². The molecule has 0 bridgehead atoms. The van der Waals surface area contributed by atoms with Gasteiger partial charge in [0.1, 0.15) is 0 Å². The summed E-state index contributed by atoms with van der Waals surface area (Å²) in [6.07, 6.45) is 0. The summed E-state index contributed by atoms with van der Waals surface area (Å²) in [7, 11) is 0. The van der Waals surface area contributed by atoms with E-state index in [1.807, 2.05) is 12.1 Å². The van der Waals surface area contributed by atoms with E-state index in [0.29, 0.717) is 5.56 Å². The molecule has 0 unspecified atom stereocenters. The molecular formula is C49H29N. The average molecular weight is 632 g/mol. The van der Waals surface area contributed by atoms with Crippen molar-refractivity contribution in [1.82, 2.24) is 0 Å². The minimum atomic E-state index is 0.662. The molecule has 1 heteroatoms. The molecule has 0 aliphatic carbocycles. The molecule has 10 rings (SSSR count). The predicted molar refractivity (Wildman–Crippen MR) is 212 cm³/mol. The van der Waals surface area contributed by atoms with Crippen LogP contribution in [-0.2, 0) is 0 Å². The number of benzene rings is 10. The Morgan fingerprint density at radius 1 is 0.300 bits per heavy atom. The van der Waals surface area contributed by atoms with Gasteiger partial charge in [0.05, 0.1) is 11.6 Å². The first-order valence-electron chi connectivity index (χ1n) is 17.1. The minimum absolute atomic E-state index is 0.662. The number of rotatable bonds is 4. The smallest absolute Gasteiger partial charge is 0.0991 e. The first kappa shape index (κ1) is 28.3. The van der Waals surface area contributed by atoms with Gasteiger partial charge in [0.15, 0.2) is 0 Å². The topological polar surface area (TPSA) is 23.8 Å². The number of hydrogen-bond donors (Lipinski definition) is 0. The highest BCUT2D eigenvalue weighted by atomic mass is 14.2. The zero-order valence-electron chi connectivity index (χ0n) is 27.2. The second-order valence-electron chi connectivity index (χ2n) is 13.2. The fraction of sp³-hybridized carbons (Fsp3) is 0. The average Bonchev–Trinajstić information content (AvgIpc) is 3.19. The maximum absolute atomic E-state index is 9.48. The van der Waals surface area contributed by atoms with Crippen LogP contribution in [0.4, 0.5) is 0 Å². The molecule has 0 N–H and O–H groups in total. The molecule has 1 nitrogen and oxygen atoms in total. The molecule has 0 saturated carbocycles. The molecular weight excluding hydrogens is 603 g/mol. The highest BCUT2D eigenvalue weighted by Crippen LogP contribution is 2.47. The Bertz CT molecular complexity index is 2980. The summed E-state index contributed by atoms with van der Waals surface area (Å²) in [5.74, 6) is 0. The second kappa shape index (κ2) is 11.2. The molecule has 0 atom stereocenters. The van der Waals surface area contributed by atoms with Crippen LogP contribution in [0.5, 0.6) is 0 Å². The van der Waals surface area contributed by atoms with Crippen LogP contribution in [0.1, 0.15) is 5.56 Å². The molecule has 10 aromatic rings. The van der Waals surface area contributed by atoms with Gasteiger partial charge in [-0.25, -0.2) is 0 Å². The maximum Gasteiger partial charge on any atom is 0.0991 e. The molecule has 0 radical (unpaired) electrons. The van der Waals surface area contributed by atoms with E-state index in [0.717, 1.165) is 11.1 Å². The van der Waals surface area contributed by atoms with Crippen LogP contribution < -0.4 is 0 Å². The zero-order chi connectivity index (χ0) is 33.2. The van der Waals surface area contributed by atoms with Crippen LogP contribution >= 0.6 is 0 Å². The Hall–Kier alpha value is -6.75. The van der Waals surface area contributed by atoms with Crippen LogP contribution in [-0.4, -0.2) is 0 Å². The van der Waals surface area contributed by atoms with Crippen LogP contribution in [0.15, 0.2) is 176 Å². The lowest BCUT2D eigenvalue weighted by Crippen LogP contribution is -1.94. The van der Waals surface area contributed by atoms with Gasteiger partial charge >= 0.3 is 0 Å². The largest absolute Gasteiger partial charge is 0.192 e. The normalized spacial score (nSPS) is 11.6. The first-order valence-corrected chi connectivity index (χ1v) is 17.1. The standard InChI is InChI=1S/C49H29N/c50-30-31-13-15-34(16-14-31)40-11-5-6-12-42(40)47-29-46(39-20-18-33-8-2-4-10-37(33)28-39)44-24-22-35-21-23-41(43-25-26-45(47)49(44)48(35)43)38-19-17-32-7-1-3-9-36(32)27-38/h1-29H. The number of fused-ring (bicyclic) bond motifs is 2. The van der Waals surface area contributed by atoms with E-state index in [-0.39, 0.29) is 0 Å². The summed E-state index contributed by atoms with van der Waals surface area (Å²) in [4.78, 5) is 0. The van der Waals surface area contributed by atoms with Crippen molar-refractivity contribution in [2.45, 2.75) is 0 Å². The highest BCUT2D eigenvalue weighted by Gasteiger charge is 2.20. The Morgan fingerprint density at radius 3 is 1.48 bits per heavy atom. The van der Waals surface area contributed by atoms with Crippen LogP contribution in [0.25, 0.3) is 98.4 Å². The minimum Gasteiger partial charge on any atom is -0.192 e. The molecule has 10 aromatic carbocycles. The Labute approximate surface area is 290 Å². The molecule has 50 heavy (non-hydrogen) atoms. The van der Waals surface area contributed by atoms with E-state index in [2.05, 4.69) is 170 Å². The molecule has 0 amide bonds. The zero-order valence-corrected chi connectivity index (χ0v) is 27.2. The fourth-order valence-electron chi connectivity index (χ4n) is 8.02. The Kier molecular flexibility index (Phi) is 6.31. The van der Waals surface area contributed by atoms with Crippen molar-refractivity contribution in [3.8, 4) is 50.6 Å². The predicted octanol–water partition coefficient (Wildman–Crippen LogP) is 13.4. The van der Waals surface area contributed by atoms with Gasteiger partial charge in [-0.1, -0.05) is 146 Å². The van der Waals surface area contributed by atoms with E-state index in [1.54, 1.807) is 0 Å². The van der Waals surface area contributed by atoms with E-state index in [9.17, 15) is 5.26 Å². The number of nitrogens with zero attached hydrogens (tertiary/aromatic N) is 1. The van der Waals surface area contributed by atoms with Gasteiger partial charge in [-0.15, -0.1) is 0 Å². The SMILES string of the molecule is N#Cc1ccc(-c2ccccc2-c2cc(-c3ccc4ccccc4c3)c3ccc4ccc(-c5ccc6ccccc6c5)c5ccc2c3c45)cc1. The van der Waals surface area contributed by atoms with E-state index in [4.69, 9.17) is 0 Å². The van der Waals surface area contributed by atoms with E-state index < -0.39 is 0 Å². The van der Waals surface area contributed by atoms with Crippen molar-refractivity contribution in [2.75, 3.05) is 0 Å². The third-order valence-electron chi connectivity index (χ3n) is 10.4. The van der Waals surface area contributed by atoms with E-state index in [1.165, 1.54) is 87.2 Å². The van der Waals surface area contributed by atoms with Crippen molar-refractivity contribution < 1.29 is 0 Å². The van der Waals surface area contributed by atoms with E-state index >= 15 is 0 Å². The molecule has 0 aliphatic rings. The molecule has 0 aromatic heterocycles. The Morgan fingerprint density at radius 2 is 0.800 bits per heavy atom. The summed E-state index contributed by atoms with van der Waals surface area (Å²) >= 11 is 0. The van der Waals surface area contributed by atoms with Gasteiger partial charge in [0.25, 0.3) is 0 Å². The van der Waals surface area contributed by atoms with Crippen molar-refractivity contribution in [3.05, 3.63) is 181 Å². The lowest BCUT2D eigenvalue weighted by atomic mass is 9.82. The third-order valence-corrected chi connectivity index (χ3v) is 10.4. The van der Waals surface area contributed by atoms with Gasteiger partial charge in [0.2, 0.25) is 0 Å². The molecule has 0 fully saturated rings. The van der Waals surface area contributed by atoms with Gasteiger partial charge < -0.3 is 0 Å². The van der Waals surface area contributed by atoms with Crippen LogP contribution in [0.2, 0.25) is 0 Å². The summed E-state index contributed by atoms with van der Waals surface area (Å²) < 4.78 is 0. The quantitative estimate of drug-likeness (QED) is 0.177. The van der Waals surface area contributed by atoms with Crippen molar-refractivity contribution in [2.24, 2.45) is 0 Å².